The van der Waals surface area contributed by atoms with E-state index in [-0.39, 0.29) is 0 Å². The van der Waals surface area contributed by atoms with Crippen LogP contribution in [0.4, 0.5) is 0 Å². The maximum absolute atomic E-state index is 4.25. The molecule has 12 heavy (non-hydrogen) atoms. The Labute approximate surface area is 75.7 Å². The zero-order valence-corrected chi connectivity index (χ0v) is 8.72. The Kier molecular flexibility index (Phi) is 2.89. The SMILES string of the molecule is CN=C1CCN(C(C)(C)C)CC1. The highest BCUT2D eigenvalue weighted by Gasteiger charge is 2.24. The van der Waals surface area contributed by atoms with Gasteiger partial charge in [-0.2, -0.15) is 0 Å². The lowest BCUT2D eigenvalue weighted by atomic mass is 10.00. The average Bonchev–Trinajstić information content (AvgIpc) is 2.03. The van der Waals surface area contributed by atoms with E-state index in [0.717, 1.165) is 12.8 Å². The first-order chi connectivity index (χ1) is 5.54. The second kappa shape index (κ2) is 3.56. The van der Waals surface area contributed by atoms with Crippen molar-refractivity contribution >= 4 is 5.71 Å². The van der Waals surface area contributed by atoms with Crippen molar-refractivity contribution < 1.29 is 0 Å². The number of likely N-dealkylation sites (tertiary alicyclic amines) is 1. The van der Waals surface area contributed by atoms with Crippen LogP contribution in [0.25, 0.3) is 0 Å². The summed E-state index contributed by atoms with van der Waals surface area (Å²) in [7, 11) is 1.90. The van der Waals surface area contributed by atoms with Crippen LogP contribution in [0.5, 0.6) is 0 Å². The number of rotatable bonds is 0. The van der Waals surface area contributed by atoms with Crippen LogP contribution in [0.2, 0.25) is 0 Å². The fourth-order valence-corrected chi connectivity index (χ4v) is 1.66. The van der Waals surface area contributed by atoms with Gasteiger partial charge in [-0.1, -0.05) is 0 Å². The fraction of sp³-hybridized carbons (Fsp3) is 0.900. The predicted molar refractivity (Wildman–Crippen MR) is 53.9 cm³/mol. The highest BCUT2D eigenvalue weighted by Crippen LogP contribution is 2.18. The van der Waals surface area contributed by atoms with Crippen LogP contribution in [0, 0.1) is 0 Å². The van der Waals surface area contributed by atoms with Crippen molar-refractivity contribution in [1.29, 1.82) is 0 Å². The number of nitrogens with zero attached hydrogens (tertiary/aromatic N) is 2. The van der Waals surface area contributed by atoms with Gasteiger partial charge < -0.3 is 0 Å². The van der Waals surface area contributed by atoms with Crippen LogP contribution in [0.15, 0.2) is 4.99 Å². The van der Waals surface area contributed by atoms with E-state index in [2.05, 4.69) is 30.7 Å². The van der Waals surface area contributed by atoms with Gasteiger partial charge in [-0.25, -0.2) is 0 Å². The molecule has 1 rings (SSSR count). The molecule has 0 unspecified atom stereocenters. The summed E-state index contributed by atoms with van der Waals surface area (Å²) in [4.78, 5) is 6.78. The maximum atomic E-state index is 4.25. The van der Waals surface area contributed by atoms with Gasteiger partial charge in [-0.15, -0.1) is 0 Å². The molecule has 70 valence electrons. The van der Waals surface area contributed by atoms with Gasteiger partial charge in [0.05, 0.1) is 0 Å². The van der Waals surface area contributed by atoms with Crippen LogP contribution in [-0.4, -0.2) is 36.3 Å². The van der Waals surface area contributed by atoms with Gasteiger partial charge in [0.2, 0.25) is 0 Å². The highest BCUT2D eigenvalue weighted by atomic mass is 15.2. The molecule has 0 N–H and O–H groups in total. The minimum atomic E-state index is 0.333. The molecule has 0 atom stereocenters. The summed E-state index contributed by atoms with van der Waals surface area (Å²) in [6.07, 6.45) is 2.32. The van der Waals surface area contributed by atoms with Crippen LogP contribution in [0.3, 0.4) is 0 Å². The van der Waals surface area contributed by atoms with Crippen LogP contribution in [0.1, 0.15) is 33.6 Å². The van der Waals surface area contributed by atoms with Crippen LogP contribution in [-0.2, 0) is 0 Å². The zero-order chi connectivity index (χ0) is 9.19. The van der Waals surface area contributed by atoms with E-state index in [1.807, 2.05) is 7.05 Å². The zero-order valence-electron chi connectivity index (χ0n) is 8.72. The Balaban J connectivity index is 2.47. The summed E-state index contributed by atoms with van der Waals surface area (Å²) < 4.78 is 0. The molecule has 0 radical (unpaired) electrons. The third-order valence-electron chi connectivity index (χ3n) is 2.61. The summed E-state index contributed by atoms with van der Waals surface area (Å²) in [5, 5.41) is 0. The molecule has 1 saturated heterocycles. The topological polar surface area (TPSA) is 15.6 Å². The lowest BCUT2D eigenvalue weighted by Crippen LogP contribution is -2.46. The molecule has 0 amide bonds. The van der Waals surface area contributed by atoms with E-state index in [4.69, 9.17) is 0 Å². The van der Waals surface area contributed by atoms with Gasteiger partial charge in [0.15, 0.2) is 0 Å². The van der Waals surface area contributed by atoms with Crippen LogP contribution < -0.4 is 0 Å². The summed E-state index contributed by atoms with van der Waals surface area (Å²) in [6.45, 7) is 9.19. The highest BCUT2D eigenvalue weighted by molar-refractivity contribution is 5.85. The predicted octanol–water partition coefficient (Wildman–Crippen LogP) is 1.95. The first kappa shape index (κ1) is 9.72. The number of hydrogen-bond donors (Lipinski definition) is 0. The van der Waals surface area contributed by atoms with Crippen molar-refractivity contribution in [1.82, 2.24) is 4.90 Å². The summed E-state index contributed by atoms with van der Waals surface area (Å²) in [5.74, 6) is 0. The Hall–Kier alpha value is -0.370. The van der Waals surface area contributed by atoms with E-state index >= 15 is 0 Å². The third-order valence-corrected chi connectivity index (χ3v) is 2.61. The standard InChI is InChI=1S/C10H20N2/c1-10(2,3)12-7-5-9(11-4)6-8-12/h5-8H2,1-4H3. The first-order valence-electron chi connectivity index (χ1n) is 4.73. The lowest BCUT2D eigenvalue weighted by molar-refractivity contribution is 0.136. The summed E-state index contributed by atoms with van der Waals surface area (Å²) >= 11 is 0. The van der Waals surface area contributed by atoms with Crippen molar-refractivity contribution in [3.63, 3.8) is 0 Å². The fourth-order valence-electron chi connectivity index (χ4n) is 1.66. The quantitative estimate of drug-likeness (QED) is 0.540. The number of hydrogen-bond acceptors (Lipinski definition) is 2. The van der Waals surface area contributed by atoms with Crippen molar-refractivity contribution in [2.75, 3.05) is 20.1 Å². The molecule has 0 aromatic heterocycles. The molecular weight excluding hydrogens is 148 g/mol. The number of aliphatic imine (C=N–C) groups is 1. The summed E-state index contributed by atoms with van der Waals surface area (Å²) in [5.41, 5.74) is 1.72. The lowest BCUT2D eigenvalue weighted by Gasteiger charge is -2.38. The summed E-state index contributed by atoms with van der Waals surface area (Å²) in [6, 6.07) is 0. The molecule has 0 aromatic carbocycles. The van der Waals surface area contributed by atoms with E-state index in [1.165, 1.54) is 18.8 Å². The maximum Gasteiger partial charge on any atom is 0.0276 e. The normalized spacial score (nSPS) is 21.2. The Morgan fingerprint density at radius 2 is 1.67 bits per heavy atom. The molecule has 0 aliphatic carbocycles. The molecule has 0 saturated carbocycles. The van der Waals surface area contributed by atoms with Crippen molar-refractivity contribution in [2.24, 2.45) is 4.99 Å². The molecule has 1 fully saturated rings. The van der Waals surface area contributed by atoms with Gasteiger partial charge in [-0.3, -0.25) is 9.89 Å². The van der Waals surface area contributed by atoms with E-state index in [0.29, 0.717) is 5.54 Å². The smallest absolute Gasteiger partial charge is 0.0276 e. The van der Waals surface area contributed by atoms with E-state index < -0.39 is 0 Å². The second-order valence-electron chi connectivity index (χ2n) is 4.45. The molecule has 0 bridgehead atoms. The largest absolute Gasteiger partial charge is 0.298 e. The van der Waals surface area contributed by atoms with Gasteiger partial charge in [-0.05, 0) is 33.6 Å². The van der Waals surface area contributed by atoms with E-state index in [1.54, 1.807) is 0 Å². The van der Waals surface area contributed by atoms with Crippen LogP contribution >= 0.6 is 0 Å². The van der Waals surface area contributed by atoms with Gasteiger partial charge in [0.1, 0.15) is 0 Å². The van der Waals surface area contributed by atoms with E-state index in [9.17, 15) is 0 Å². The van der Waals surface area contributed by atoms with Gasteiger partial charge in [0.25, 0.3) is 0 Å². The third kappa shape index (κ3) is 2.31. The Bertz CT molecular complexity index is 167. The average molecular weight is 168 g/mol. The molecular formula is C10H20N2. The monoisotopic (exact) mass is 168 g/mol. The Morgan fingerprint density at radius 3 is 2.00 bits per heavy atom. The molecule has 0 aromatic rings. The molecule has 2 nitrogen and oxygen atoms in total. The van der Waals surface area contributed by atoms with Crippen molar-refractivity contribution in [3.05, 3.63) is 0 Å². The molecule has 2 heteroatoms. The minimum Gasteiger partial charge on any atom is -0.298 e. The van der Waals surface area contributed by atoms with Gasteiger partial charge >= 0.3 is 0 Å². The first-order valence-corrected chi connectivity index (χ1v) is 4.73. The van der Waals surface area contributed by atoms with Crippen molar-refractivity contribution in [2.45, 2.75) is 39.2 Å². The molecule has 1 aliphatic heterocycles. The molecule has 1 heterocycles. The molecule has 0 spiro atoms. The molecule has 1 aliphatic rings. The second-order valence-corrected chi connectivity index (χ2v) is 4.45. The Morgan fingerprint density at radius 1 is 1.17 bits per heavy atom. The number of piperidine rings is 1. The van der Waals surface area contributed by atoms with Gasteiger partial charge in [0, 0.05) is 31.4 Å². The van der Waals surface area contributed by atoms with Crippen molar-refractivity contribution in [3.8, 4) is 0 Å². The minimum absolute atomic E-state index is 0.333.